The molecule has 0 unspecified atom stereocenters. The van der Waals surface area contributed by atoms with Gasteiger partial charge < -0.3 is 10.4 Å². The van der Waals surface area contributed by atoms with Crippen LogP contribution in [-0.2, 0) is 0 Å². The lowest BCUT2D eigenvalue weighted by Gasteiger charge is -2.30. The Hall–Kier alpha value is -1.02. The molecule has 0 aliphatic rings. The minimum absolute atomic E-state index is 0.0101. The van der Waals surface area contributed by atoms with Crippen LogP contribution in [0.2, 0.25) is 0 Å². The summed E-state index contributed by atoms with van der Waals surface area (Å²) in [7, 11) is 0. The molecule has 2 heteroatoms. The van der Waals surface area contributed by atoms with Crippen LogP contribution in [0, 0.1) is 19.3 Å². The van der Waals surface area contributed by atoms with Gasteiger partial charge in [0.1, 0.15) is 0 Å². The van der Waals surface area contributed by atoms with Crippen molar-refractivity contribution in [2.45, 2.75) is 40.5 Å². The highest BCUT2D eigenvalue weighted by molar-refractivity contribution is 5.53. The van der Waals surface area contributed by atoms with E-state index in [1.807, 2.05) is 0 Å². The Morgan fingerprint density at radius 1 is 1.18 bits per heavy atom. The van der Waals surface area contributed by atoms with Crippen LogP contribution in [0.4, 0.5) is 5.69 Å². The zero-order chi connectivity index (χ0) is 12.9. The first-order valence-corrected chi connectivity index (χ1v) is 6.49. The van der Waals surface area contributed by atoms with E-state index in [0.29, 0.717) is 0 Å². The van der Waals surface area contributed by atoms with E-state index in [4.69, 9.17) is 0 Å². The summed E-state index contributed by atoms with van der Waals surface area (Å²) in [5, 5.41) is 13.0. The maximum Gasteiger partial charge on any atom is 0.0504 e. The number of hydrogen-bond acceptors (Lipinski definition) is 2. The monoisotopic (exact) mass is 235 g/mol. The molecule has 0 bridgehead atoms. The maximum atomic E-state index is 9.54. The van der Waals surface area contributed by atoms with Crippen molar-refractivity contribution in [2.75, 3.05) is 18.5 Å². The number of aryl methyl sites for hydroxylation is 1. The molecule has 0 amide bonds. The molecule has 2 N–H and O–H groups in total. The molecule has 1 aromatic rings. The van der Waals surface area contributed by atoms with E-state index in [-0.39, 0.29) is 12.0 Å². The minimum atomic E-state index is 0.0101. The summed E-state index contributed by atoms with van der Waals surface area (Å²) >= 11 is 0. The third-order valence-electron chi connectivity index (χ3n) is 4.09. The first-order valence-electron chi connectivity index (χ1n) is 6.49. The van der Waals surface area contributed by atoms with Crippen LogP contribution in [0.1, 0.15) is 37.8 Å². The first-order chi connectivity index (χ1) is 8.08. The van der Waals surface area contributed by atoms with Crippen LogP contribution >= 0.6 is 0 Å². The zero-order valence-electron chi connectivity index (χ0n) is 11.5. The summed E-state index contributed by atoms with van der Waals surface area (Å²) < 4.78 is 0. The fourth-order valence-electron chi connectivity index (χ4n) is 2.00. The molecule has 0 aliphatic heterocycles. The first kappa shape index (κ1) is 14.0. The number of aliphatic hydroxyl groups is 1. The van der Waals surface area contributed by atoms with Crippen molar-refractivity contribution in [1.82, 2.24) is 0 Å². The van der Waals surface area contributed by atoms with Crippen LogP contribution in [0.3, 0.4) is 0 Å². The number of rotatable bonds is 6. The summed E-state index contributed by atoms with van der Waals surface area (Å²) in [6.07, 6.45) is 2.00. The third kappa shape index (κ3) is 3.22. The molecule has 96 valence electrons. The normalized spacial score (nSPS) is 11.6. The molecule has 1 aromatic carbocycles. The largest absolute Gasteiger partial charge is 0.396 e. The standard InChI is InChI=1S/C15H25NO/c1-5-15(6-2,11-17)10-16-14-9-7-8-12(3)13(14)4/h7-9,16-17H,5-6,10-11H2,1-4H3. The zero-order valence-corrected chi connectivity index (χ0v) is 11.5. The van der Waals surface area contributed by atoms with Gasteiger partial charge in [-0.2, -0.15) is 0 Å². The fourth-order valence-corrected chi connectivity index (χ4v) is 2.00. The van der Waals surface area contributed by atoms with Crippen molar-refractivity contribution in [3.8, 4) is 0 Å². The van der Waals surface area contributed by atoms with Crippen LogP contribution in [0.5, 0.6) is 0 Å². The minimum Gasteiger partial charge on any atom is -0.396 e. The number of nitrogens with one attached hydrogen (secondary N) is 1. The molecule has 0 saturated carbocycles. The van der Waals surface area contributed by atoms with Crippen molar-refractivity contribution in [3.05, 3.63) is 29.3 Å². The van der Waals surface area contributed by atoms with Gasteiger partial charge >= 0.3 is 0 Å². The Balaban J connectivity index is 2.75. The molecule has 0 fully saturated rings. The predicted octanol–water partition coefficient (Wildman–Crippen LogP) is 3.51. The molecule has 0 spiro atoms. The van der Waals surface area contributed by atoms with Gasteiger partial charge in [0.25, 0.3) is 0 Å². The van der Waals surface area contributed by atoms with Crippen LogP contribution in [0.15, 0.2) is 18.2 Å². The Labute approximate surface area is 105 Å². The molecule has 1 rings (SSSR count). The van der Waals surface area contributed by atoms with Gasteiger partial charge in [-0.25, -0.2) is 0 Å². The van der Waals surface area contributed by atoms with Crippen molar-refractivity contribution < 1.29 is 5.11 Å². The van der Waals surface area contributed by atoms with E-state index >= 15 is 0 Å². The SMILES string of the molecule is CCC(CC)(CO)CNc1cccc(C)c1C. The molecular formula is C15H25NO. The van der Waals surface area contributed by atoms with E-state index in [1.165, 1.54) is 16.8 Å². The molecule has 0 saturated heterocycles. The predicted molar refractivity (Wildman–Crippen MR) is 74.5 cm³/mol. The number of hydrogen-bond donors (Lipinski definition) is 2. The molecule has 17 heavy (non-hydrogen) atoms. The lowest BCUT2D eigenvalue weighted by atomic mass is 9.83. The Morgan fingerprint density at radius 2 is 1.82 bits per heavy atom. The average molecular weight is 235 g/mol. The van der Waals surface area contributed by atoms with Crippen molar-refractivity contribution in [1.29, 1.82) is 0 Å². The smallest absolute Gasteiger partial charge is 0.0504 e. The van der Waals surface area contributed by atoms with Gasteiger partial charge in [-0.1, -0.05) is 26.0 Å². The number of anilines is 1. The van der Waals surface area contributed by atoms with E-state index < -0.39 is 0 Å². The number of aliphatic hydroxyl groups excluding tert-OH is 1. The molecular weight excluding hydrogens is 210 g/mol. The van der Waals surface area contributed by atoms with E-state index in [0.717, 1.165) is 19.4 Å². The second kappa shape index (κ2) is 6.06. The van der Waals surface area contributed by atoms with Gasteiger partial charge in [0.15, 0.2) is 0 Å². The second-order valence-electron chi connectivity index (χ2n) is 4.97. The molecule has 0 heterocycles. The van der Waals surface area contributed by atoms with Gasteiger partial charge in [0, 0.05) is 17.6 Å². The quantitative estimate of drug-likeness (QED) is 0.790. The Kier molecular flexibility index (Phi) is 5.01. The summed E-state index contributed by atoms with van der Waals surface area (Å²) in [4.78, 5) is 0. The topological polar surface area (TPSA) is 32.3 Å². The highest BCUT2D eigenvalue weighted by Crippen LogP contribution is 2.27. The third-order valence-corrected chi connectivity index (χ3v) is 4.09. The van der Waals surface area contributed by atoms with E-state index in [2.05, 4.69) is 51.2 Å². The van der Waals surface area contributed by atoms with Crippen LogP contribution in [-0.4, -0.2) is 18.3 Å². The molecule has 0 atom stereocenters. The Morgan fingerprint density at radius 3 is 2.35 bits per heavy atom. The Bertz CT molecular complexity index is 348. The highest BCUT2D eigenvalue weighted by Gasteiger charge is 2.24. The molecule has 0 radical (unpaired) electrons. The average Bonchev–Trinajstić information content (AvgIpc) is 2.36. The molecule has 0 aliphatic carbocycles. The van der Waals surface area contributed by atoms with Crippen molar-refractivity contribution in [3.63, 3.8) is 0 Å². The van der Waals surface area contributed by atoms with Gasteiger partial charge in [-0.3, -0.25) is 0 Å². The summed E-state index contributed by atoms with van der Waals surface area (Å²) in [6, 6.07) is 6.30. The number of benzene rings is 1. The van der Waals surface area contributed by atoms with Gasteiger partial charge in [-0.15, -0.1) is 0 Å². The van der Waals surface area contributed by atoms with Crippen LogP contribution < -0.4 is 5.32 Å². The molecule has 0 aromatic heterocycles. The highest BCUT2D eigenvalue weighted by atomic mass is 16.3. The van der Waals surface area contributed by atoms with Crippen molar-refractivity contribution in [2.24, 2.45) is 5.41 Å². The van der Waals surface area contributed by atoms with Gasteiger partial charge in [0.05, 0.1) is 6.61 Å². The molecule has 2 nitrogen and oxygen atoms in total. The van der Waals surface area contributed by atoms with Crippen molar-refractivity contribution >= 4 is 5.69 Å². The van der Waals surface area contributed by atoms with Crippen LogP contribution in [0.25, 0.3) is 0 Å². The summed E-state index contributed by atoms with van der Waals surface area (Å²) in [5.74, 6) is 0. The fraction of sp³-hybridized carbons (Fsp3) is 0.600. The summed E-state index contributed by atoms with van der Waals surface area (Å²) in [6.45, 7) is 9.63. The lowest BCUT2D eigenvalue weighted by Crippen LogP contribution is -2.32. The lowest BCUT2D eigenvalue weighted by molar-refractivity contribution is 0.127. The van der Waals surface area contributed by atoms with Gasteiger partial charge in [0.2, 0.25) is 0 Å². The summed E-state index contributed by atoms with van der Waals surface area (Å²) in [5.41, 5.74) is 3.80. The van der Waals surface area contributed by atoms with Gasteiger partial charge in [-0.05, 0) is 43.9 Å². The van der Waals surface area contributed by atoms with E-state index in [1.54, 1.807) is 0 Å². The maximum absolute atomic E-state index is 9.54. The van der Waals surface area contributed by atoms with E-state index in [9.17, 15) is 5.11 Å². The second-order valence-corrected chi connectivity index (χ2v) is 4.97.